The molecule has 4 amide bonds. The number of anilines is 2. The zero-order valence-electron chi connectivity index (χ0n) is 18.9. The van der Waals surface area contributed by atoms with Gasteiger partial charge in [-0.05, 0) is 63.1 Å². The summed E-state index contributed by atoms with van der Waals surface area (Å²) in [6.07, 6.45) is -0.301. The second kappa shape index (κ2) is 9.55. The van der Waals surface area contributed by atoms with Gasteiger partial charge in [0, 0.05) is 24.1 Å². The Morgan fingerprint density at radius 2 is 1.66 bits per heavy atom. The SMILES string of the molecule is CC1=C(C(=O)OC(C)C)[C@H](c2cccc(NC(=O)Nc3cccc(C)c3)c2)NC(=O)N1C. The van der Waals surface area contributed by atoms with Gasteiger partial charge < -0.3 is 25.6 Å². The molecule has 1 heterocycles. The number of hydrogen-bond donors (Lipinski definition) is 3. The van der Waals surface area contributed by atoms with Crippen molar-refractivity contribution in [3.05, 3.63) is 70.9 Å². The topological polar surface area (TPSA) is 99.8 Å². The van der Waals surface area contributed by atoms with Crippen LogP contribution in [0.4, 0.5) is 21.0 Å². The van der Waals surface area contributed by atoms with Crippen molar-refractivity contribution in [2.75, 3.05) is 17.7 Å². The van der Waals surface area contributed by atoms with Crippen molar-refractivity contribution in [1.82, 2.24) is 10.2 Å². The second-order valence-electron chi connectivity index (χ2n) is 7.97. The van der Waals surface area contributed by atoms with Gasteiger partial charge in [0.1, 0.15) is 0 Å². The van der Waals surface area contributed by atoms with E-state index in [9.17, 15) is 14.4 Å². The van der Waals surface area contributed by atoms with E-state index in [4.69, 9.17) is 4.74 Å². The van der Waals surface area contributed by atoms with Crippen molar-refractivity contribution in [1.29, 1.82) is 0 Å². The average Bonchev–Trinajstić information content (AvgIpc) is 2.71. The fraction of sp³-hybridized carbons (Fsp3) is 0.292. The standard InChI is InChI=1S/C24H28N4O4/c1-14(2)32-22(29)20-16(4)28(5)24(31)27-21(20)17-9-7-11-19(13-17)26-23(30)25-18-10-6-8-15(3)12-18/h6-14,21H,1-5H3,(H,27,31)(H2,25,26,30)/t21-/m0/s1. The van der Waals surface area contributed by atoms with Crippen LogP contribution in [0.3, 0.4) is 0 Å². The molecule has 0 unspecified atom stereocenters. The van der Waals surface area contributed by atoms with E-state index in [2.05, 4.69) is 16.0 Å². The van der Waals surface area contributed by atoms with E-state index in [0.29, 0.717) is 28.2 Å². The molecular weight excluding hydrogens is 408 g/mol. The zero-order valence-corrected chi connectivity index (χ0v) is 18.9. The number of carbonyl (C=O) groups excluding carboxylic acids is 3. The van der Waals surface area contributed by atoms with E-state index in [-0.39, 0.29) is 12.1 Å². The molecule has 0 saturated carbocycles. The molecular formula is C24H28N4O4. The smallest absolute Gasteiger partial charge is 0.338 e. The molecule has 3 N–H and O–H groups in total. The van der Waals surface area contributed by atoms with Gasteiger partial charge in [0.2, 0.25) is 0 Å². The van der Waals surface area contributed by atoms with Gasteiger partial charge in [-0.1, -0.05) is 24.3 Å². The Morgan fingerprint density at radius 3 is 2.28 bits per heavy atom. The van der Waals surface area contributed by atoms with Crippen molar-refractivity contribution in [3.63, 3.8) is 0 Å². The molecule has 0 spiro atoms. The first kappa shape index (κ1) is 22.9. The third-order valence-electron chi connectivity index (χ3n) is 5.07. The van der Waals surface area contributed by atoms with Crippen molar-refractivity contribution >= 4 is 29.4 Å². The van der Waals surface area contributed by atoms with Gasteiger partial charge in [-0.15, -0.1) is 0 Å². The zero-order chi connectivity index (χ0) is 23.4. The highest BCUT2D eigenvalue weighted by molar-refractivity contribution is 6.00. The number of carbonyl (C=O) groups is 3. The van der Waals surface area contributed by atoms with Crippen molar-refractivity contribution in [3.8, 4) is 0 Å². The van der Waals surface area contributed by atoms with E-state index >= 15 is 0 Å². The van der Waals surface area contributed by atoms with E-state index in [1.807, 2.05) is 25.1 Å². The number of nitrogens with one attached hydrogen (secondary N) is 3. The summed E-state index contributed by atoms with van der Waals surface area (Å²) in [5, 5.41) is 8.42. The molecule has 8 nitrogen and oxygen atoms in total. The molecule has 2 aromatic rings. The van der Waals surface area contributed by atoms with E-state index in [1.165, 1.54) is 4.90 Å². The van der Waals surface area contributed by atoms with Gasteiger partial charge in [-0.2, -0.15) is 0 Å². The Kier molecular flexibility index (Phi) is 6.82. The van der Waals surface area contributed by atoms with Gasteiger partial charge in [-0.3, -0.25) is 0 Å². The number of amides is 4. The number of ether oxygens (including phenoxy) is 1. The first-order valence-electron chi connectivity index (χ1n) is 10.4. The number of rotatable bonds is 5. The molecule has 168 valence electrons. The molecule has 1 aliphatic rings. The van der Waals surface area contributed by atoms with Crippen LogP contribution >= 0.6 is 0 Å². The van der Waals surface area contributed by atoms with Gasteiger partial charge in [0.25, 0.3) is 0 Å². The maximum atomic E-state index is 12.8. The lowest BCUT2D eigenvalue weighted by Crippen LogP contribution is -2.46. The molecule has 0 bridgehead atoms. The van der Waals surface area contributed by atoms with Crippen LogP contribution in [0.25, 0.3) is 0 Å². The van der Waals surface area contributed by atoms with Crippen molar-refractivity contribution in [2.24, 2.45) is 0 Å². The lowest BCUT2D eigenvalue weighted by molar-refractivity contribution is -0.143. The highest BCUT2D eigenvalue weighted by atomic mass is 16.5. The van der Waals surface area contributed by atoms with Gasteiger partial charge >= 0.3 is 18.0 Å². The van der Waals surface area contributed by atoms with Crippen LogP contribution in [-0.2, 0) is 9.53 Å². The second-order valence-corrected chi connectivity index (χ2v) is 7.97. The quantitative estimate of drug-likeness (QED) is 0.598. The van der Waals surface area contributed by atoms with Gasteiger partial charge in [-0.25, -0.2) is 14.4 Å². The Morgan fingerprint density at radius 1 is 1.03 bits per heavy atom. The number of nitrogens with zero attached hydrogens (tertiary/aromatic N) is 1. The molecule has 1 aliphatic heterocycles. The van der Waals surface area contributed by atoms with Crippen LogP contribution in [0.5, 0.6) is 0 Å². The predicted molar refractivity (Wildman–Crippen MR) is 123 cm³/mol. The Balaban J connectivity index is 1.85. The van der Waals surface area contributed by atoms with Crippen LogP contribution in [0, 0.1) is 6.92 Å². The van der Waals surface area contributed by atoms with Crippen LogP contribution in [-0.4, -0.2) is 36.1 Å². The maximum absolute atomic E-state index is 12.8. The molecule has 2 aromatic carbocycles. The Hall–Kier alpha value is -3.81. The number of aryl methyl sites for hydroxylation is 1. The molecule has 8 heteroatoms. The first-order chi connectivity index (χ1) is 15.2. The minimum absolute atomic E-state index is 0.301. The van der Waals surface area contributed by atoms with Crippen molar-refractivity contribution < 1.29 is 19.1 Å². The van der Waals surface area contributed by atoms with Gasteiger partial charge in [0.05, 0.1) is 17.7 Å². The molecule has 0 saturated heterocycles. The molecule has 1 atom stereocenters. The number of allylic oxidation sites excluding steroid dienone is 1. The predicted octanol–water partition coefficient (Wildman–Crippen LogP) is 4.56. The monoisotopic (exact) mass is 436 g/mol. The van der Waals surface area contributed by atoms with E-state index < -0.39 is 18.0 Å². The lowest BCUT2D eigenvalue weighted by Gasteiger charge is -2.33. The summed E-state index contributed by atoms with van der Waals surface area (Å²) in [4.78, 5) is 39.1. The highest BCUT2D eigenvalue weighted by Gasteiger charge is 2.35. The summed E-state index contributed by atoms with van der Waals surface area (Å²) in [5.74, 6) is -0.495. The molecule has 0 aromatic heterocycles. The average molecular weight is 437 g/mol. The number of hydrogen-bond acceptors (Lipinski definition) is 4. The summed E-state index contributed by atoms with van der Waals surface area (Å²) in [5.41, 5.74) is 3.75. The summed E-state index contributed by atoms with van der Waals surface area (Å²) in [7, 11) is 1.59. The third-order valence-corrected chi connectivity index (χ3v) is 5.07. The fourth-order valence-corrected chi connectivity index (χ4v) is 3.44. The van der Waals surface area contributed by atoms with Gasteiger partial charge in [0.15, 0.2) is 0 Å². The Labute approximate surface area is 187 Å². The van der Waals surface area contributed by atoms with Crippen LogP contribution in [0.1, 0.15) is 37.9 Å². The minimum atomic E-state index is -0.702. The maximum Gasteiger partial charge on any atom is 0.338 e. The largest absolute Gasteiger partial charge is 0.459 e. The summed E-state index contributed by atoms with van der Waals surface area (Å²) >= 11 is 0. The minimum Gasteiger partial charge on any atom is -0.459 e. The number of benzene rings is 2. The number of urea groups is 2. The molecule has 3 rings (SSSR count). The first-order valence-corrected chi connectivity index (χ1v) is 10.4. The normalized spacial score (nSPS) is 16.0. The summed E-state index contributed by atoms with van der Waals surface area (Å²) in [6, 6.07) is 13.0. The van der Waals surface area contributed by atoms with Crippen molar-refractivity contribution in [2.45, 2.75) is 39.8 Å². The summed E-state index contributed by atoms with van der Waals surface area (Å²) < 4.78 is 5.41. The van der Waals surface area contributed by atoms with Crippen LogP contribution in [0.2, 0.25) is 0 Å². The lowest BCUT2D eigenvalue weighted by atomic mass is 9.94. The highest BCUT2D eigenvalue weighted by Crippen LogP contribution is 2.32. The fourth-order valence-electron chi connectivity index (χ4n) is 3.44. The third kappa shape index (κ3) is 5.26. The molecule has 32 heavy (non-hydrogen) atoms. The van der Waals surface area contributed by atoms with E-state index in [0.717, 1.165) is 5.56 Å². The number of esters is 1. The van der Waals surface area contributed by atoms with Crippen LogP contribution in [0.15, 0.2) is 59.8 Å². The molecule has 0 fully saturated rings. The van der Waals surface area contributed by atoms with Crippen LogP contribution < -0.4 is 16.0 Å². The molecule has 0 radical (unpaired) electrons. The Bertz CT molecular complexity index is 1080. The molecule has 0 aliphatic carbocycles. The van der Waals surface area contributed by atoms with E-state index in [1.54, 1.807) is 58.2 Å². The summed E-state index contributed by atoms with van der Waals surface area (Å²) in [6.45, 7) is 7.19.